The van der Waals surface area contributed by atoms with Crippen LogP contribution in [0.1, 0.15) is 16.7 Å². The third-order valence-corrected chi connectivity index (χ3v) is 5.41. The lowest BCUT2D eigenvalue weighted by Crippen LogP contribution is -1.98. The zero-order chi connectivity index (χ0) is 19.2. The minimum Gasteiger partial charge on any atom is -0.487 e. The number of nitrogens with zero attached hydrogens (tertiary/aromatic N) is 1. The van der Waals surface area contributed by atoms with Crippen molar-refractivity contribution in [1.82, 2.24) is 0 Å². The first-order valence-electron chi connectivity index (χ1n) is 8.10. The smallest absolute Gasteiger partial charge is 0.141 e. The van der Waals surface area contributed by atoms with Gasteiger partial charge in [0.05, 0.1) is 16.1 Å². The Bertz CT molecular complexity index is 1010. The van der Waals surface area contributed by atoms with E-state index in [9.17, 15) is 5.26 Å². The zero-order valence-electron chi connectivity index (χ0n) is 14.1. The molecule has 134 valence electrons. The highest BCUT2D eigenvalue weighted by atomic mass is 79.9. The molecule has 0 saturated heterocycles. The fraction of sp³-hybridized carbons (Fsp3) is 0.0455. The second-order valence-electron chi connectivity index (χ2n) is 5.76. The van der Waals surface area contributed by atoms with E-state index < -0.39 is 0 Å². The average Bonchev–Trinajstić information content (AvgIpc) is 2.67. The summed E-state index contributed by atoms with van der Waals surface area (Å²) in [5.74, 6) is 0.699. The maximum absolute atomic E-state index is 9.62. The van der Waals surface area contributed by atoms with Crippen LogP contribution in [0.25, 0.3) is 11.6 Å². The van der Waals surface area contributed by atoms with E-state index in [-0.39, 0.29) is 0 Å². The van der Waals surface area contributed by atoms with E-state index >= 15 is 0 Å². The molecule has 0 aliphatic carbocycles. The largest absolute Gasteiger partial charge is 0.487 e. The topological polar surface area (TPSA) is 33.0 Å². The summed E-state index contributed by atoms with van der Waals surface area (Å²) < 4.78 is 8.85. The number of benzene rings is 3. The van der Waals surface area contributed by atoms with Crippen LogP contribution in [0, 0.1) is 11.3 Å². The Labute approximate surface area is 183 Å². The van der Waals surface area contributed by atoms with Crippen LogP contribution in [0.3, 0.4) is 0 Å². The third kappa shape index (κ3) is 5.32. The molecule has 3 rings (SSSR count). The maximum atomic E-state index is 9.62. The number of nitriles is 1. The summed E-state index contributed by atoms with van der Waals surface area (Å²) in [6.45, 7) is 0.432. The second kappa shape index (κ2) is 9.36. The normalized spacial score (nSPS) is 11.1. The third-order valence-electron chi connectivity index (χ3n) is 3.84. The van der Waals surface area contributed by atoms with Crippen molar-refractivity contribution < 1.29 is 4.74 Å². The summed E-state index contributed by atoms with van der Waals surface area (Å²) in [5.41, 5.74) is 3.34. The van der Waals surface area contributed by atoms with Crippen LogP contribution in [0.5, 0.6) is 5.75 Å². The predicted octanol–water partition coefficient (Wildman–Crippen LogP) is 7.62. The monoisotopic (exact) mass is 545 g/mol. The summed E-state index contributed by atoms with van der Waals surface area (Å²) in [5, 5.41) is 9.62. The van der Waals surface area contributed by atoms with Crippen molar-refractivity contribution in [2.45, 2.75) is 6.61 Å². The summed E-state index contributed by atoms with van der Waals surface area (Å²) in [6, 6.07) is 23.8. The van der Waals surface area contributed by atoms with Gasteiger partial charge in [0.1, 0.15) is 12.4 Å². The molecular formula is C22H14Br3NO. The van der Waals surface area contributed by atoms with E-state index in [2.05, 4.69) is 53.9 Å². The lowest BCUT2D eigenvalue weighted by atomic mass is 10.0. The molecule has 0 saturated carbocycles. The average molecular weight is 548 g/mol. The van der Waals surface area contributed by atoms with Crippen LogP contribution in [-0.2, 0) is 6.61 Å². The first kappa shape index (κ1) is 19.9. The van der Waals surface area contributed by atoms with Gasteiger partial charge in [-0.25, -0.2) is 0 Å². The van der Waals surface area contributed by atoms with Gasteiger partial charge in [-0.3, -0.25) is 0 Å². The summed E-state index contributed by atoms with van der Waals surface area (Å²) in [6.07, 6.45) is 1.85. The lowest BCUT2D eigenvalue weighted by molar-refractivity contribution is 0.303. The number of rotatable bonds is 5. The van der Waals surface area contributed by atoms with Gasteiger partial charge < -0.3 is 4.74 Å². The van der Waals surface area contributed by atoms with Crippen molar-refractivity contribution in [1.29, 1.82) is 5.26 Å². The van der Waals surface area contributed by atoms with Gasteiger partial charge in [0.15, 0.2) is 0 Å². The van der Waals surface area contributed by atoms with Crippen LogP contribution in [0.2, 0.25) is 0 Å². The number of hydrogen-bond acceptors (Lipinski definition) is 2. The maximum Gasteiger partial charge on any atom is 0.141 e. The highest BCUT2D eigenvalue weighted by molar-refractivity contribution is 9.11. The van der Waals surface area contributed by atoms with Gasteiger partial charge in [0.2, 0.25) is 0 Å². The fourth-order valence-electron chi connectivity index (χ4n) is 2.53. The van der Waals surface area contributed by atoms with Crippen LogP contribution in [0.4, 0.5) is 0 Å². The zero-order valence-corrected chi connectivity index (χ0v) is 18.9. The van der Waals surface area contributed by atoms with E-state index in [1.165, 1.54) is 0 Å². The number of allylic oxidation sites excluding steroid dienone is 1. The molecule has 0 spiro atoms. The first-order valence-corrected chi connectivity index (χ1v) is 10.5. The Morgan fingerprint density at radius 2 is 1.63 bits per heavy atom. The summed E-state index contributed by atoms with van der Waals surface area (Å²) in [7, 11) is 0. The number of hydrogen-bond donors (Lipinski definition) is 0. The van der Waals surface area contributed by atoms with Crippen molar-refractivity contribution in [3.8, 4) is 11.8 Å². The van der Waals surface area contributed by atoms with Gasteiger partial charge in [0, 0.05) is 14.5 Å². The molecule has 0 fully saturated rings. The molecule has 0 aliphatic heterocycles. The second-order valence-corrected chi connectivity index (χ2v) is 8.44. The van der Waals surface area contributed by atoms with Crippen LogP contribution >= 0.6 is 47.8 Å². The molecule has 0 heterocycles. The van der Waals surface area contributed by atoms with E-state index in [4.69, 9.17) is 4.74 Å². The molecule has 0 aromatic heterocycles. The molecule has 0 N–H and O–H groups in total. The van der Waals surface area contributed by atoms with E-state index in [1.54, 1.807) is 0 Å². The van der Waals surface area contributed by atoms with Gasteiger partial charge in [0.25, 0.3) is 0 Å². The van der Waals surface area contributed by atoms with Crippen molar-refractivity contribution in [3.05, 3.63) is 96.8 Å². The molecule has 5 heteroatoms. The molecule has 2 nitrogen and oxygen atoms in total. The first-order chi connectivity index (χ1) is 13.1. The van der Waals surface area contributed by atoms with Crippen molar-refractivity contribution in [2.24, 2.45) is 0 Å². The molecular weight excluding hydrogens is 534 g/mol. The Morgan fingerprint density at radius 3 is 2.30 bits per heavy atom. The fourth-order valence-corrected chi connectivity index (χ4v) is 4.17. The molecule has 0 atom stereocenters. The van der Waals surface area contributed by atoms with Crippen molar-refractivity contribution in [3.63, 3.8) is 0 Å². The minimum absolute atomic E-state index is 0.432. The van der Waals surface area contributed by atoms with Crippen LogP contribution in [0.15, 0.2) is 80.1 Å². The molecule has 0 amide bonds. The van der Waals surface area contributed by atoms with Gasteiger partial charge in [-0.2, -0.15) is 5.26 Å². The van der Waals surface area contributed by atoms with Gasteiger partial charge in [-0.15, -0.1) is 0 Å². The quantitative estimate of drug-likeness (QED) is 0.243. The van der Waals surface area contributed by atoms with E-state index in [0.29, 0.717) is 17.9 Å². The minimum atomic E-state index is 0.432. The SMILES string of the molecule is N#C/C(=C\c1cc(Br)cc(Br)c1OCc1ccc(Br)cc1)c1ccccc1. The molecule has 0 radical (unpaired) electrons. The number of ether oxygens (including phenoxy) is 1. The van der Waals surface area contributed by atoms with Crippen molar-refractivity contribution >= 4 is 59.4 Å². The molecule has 3 aromatic carbocycles. The van der Waals surface area contributed by atoms with Crippen LogP contribution in [-0.4, -0.2) is 0 Å². The molecule has 27 heavy (non-hydrogen) atoms. The highest BCUT2D eigenvalue weighted by Gasteiger charge is 2.11. The molecule has 0 unspecified atom stereocenters. The molecule has 0 bridgehead atoms. The Kier molecular flexibility index (Phi) is 6.89. The standard InChI is InChI=1S/C22H14Br3NO/c23-19-8-6-15(7-9-19)14-27-22-17(11-20(24)12-21(22)25)10-18(13-26)16-4-2-1-3-5-16/h1-12H,14H2/b18-10+. The Morgan fingerprint density at radius 1 is 0.926 bits per heavy atom. The number of halogens is 3. The van der Waals surface area contributed by atoms with E-state index in [0.717, 1.165) is 30.1 Å². The van der Waals surface area contributed by atoms with E-state index in [1.807, 2.05) is 72.8 Å². The predicted molar refractivity (Wildman–Crippen MR) is 120 cm³/mol. The summed E-state index contributed by atoms with van der Waals surface area (Å²) >= 11 is 10.5. The van der Waals surface area contributed by atoms with Gasteiger partial charge in [-0.1, -0.05) is 74.3 Å². The van der Waals surface area contributed by atoms with Gasteiger partial charge in [-0.05, 0) is 57.4 Å². The lowest BCUT2D eigenvalue weighted by Gasteiger charge is -2.13. The Balaban J connectivity index is 1.96. The molecule has 3 aromatic rings. The van der Waals surface area contributed by atoms with Gasteiger partial charge >= 0.3 is 0 Å². The van der Waals surface area contributed by atoms with Crippen LogP contribution < -0.4 is 4.74 Å². The van der Waals surface area contributed by atoms with Crippen molar-refractivity contribution in [2.75, 3.05) is 0 Å². The molecule has 0 aliphatic rings. The summed E-state index contributed by atoms with van der Waals surface area (Å²) in [4.78, 5) is 0. The highest BCUT2D eigenvalue weighted by Crippen LogP contribution is 2.36. The Hall–Kier alpha value is -1.87.